The number of thiocarbonyl (C=S) groups is 1. The summed E-state index contributed by atoms with van der Waals surface area (Å²) < 4.78 is 5.04. The fourth-order valence-corrected chi connectivity index (χ4v) is 1.54. The van der Waals surface area contributed by atoms with Crippen molar-refractivity contribution < 1.29 is 4.74 Å². The molecule has 2 aliphatic rings. The molecule has 60 valence electrons. The molecule has 0 atom stereocenters. The highest BCUT2D eigenvalue weighted by molar-refractivity contribution is 7.78. The van der Waals surface area contributed by atoms with Gasteiger partial charge in [0.15, 0.2) is 0 Å². The van der Waals surface area contributed by atoms with Gasteiger partial charge in [0.2, 0.25) is 0 Å². The number of nitrogens with zero attached hydrogens (tertiary/aromatic N) is 1. The van der Waals surface area contributed by atoms with E-state index < -0.39 is 0 Å². The molecule has 0 spiro atoms. The van der Waals surface area contributed by atoms with Gasteiger partial charge in [-0.2, -0.15) is 4.99 Å². The Hall–Kier alpha value is -1.18. The molecule has 0 N–H and O–H groups in total. The van der Waals surface area contributed by atoms with E-state index in [1.165, 1.54) is 5.57 Å². The van der Waals surface area contributed by atoms with E-state index in [2.05, 4.69) is 22.4 Å². The van der Waals surface area contributed by atoms with Gasteiger partial charge in [-0.05, 0) is 36.7 Å². The van der Waals surface area contributed by atoms with E-state index in [9.17, 15) is 0 Å². The predicted molar refractivity (Wildman–Crippen MR) is 49.6 cm³/mol. The van der Waals surface area contributed by atoms with Crippen molar-refractivity contribution in [3.63, 3.8) is 0 Å². The first-order chi connectivity index (χ1) is 5.92. The van der Waals surface area contributed by atoms with Crippen molar-refractivity contribution in [2.45, 2.75) is 12.8 Å². The zero-order valence-electron chi connectivity index (χ0n) is 6.41. The number of hydrogen-bond acceptors (Lipinski definition) is 3. The maximum Gasteiger partial charge on any atom is 0.0940 e. The summed E-state index contributed by atoms with van der Waals surface area (Å²) in [5.41, 5.74) is 3.39. The SMILES string of the molecule is S=C=NC1=C2C=COC=C2CC1. The summed E-state index contributed by atoms with van der Waals surface area (Å²) in [5.74, 6) is 0. The van der Waals surface area contributed by atoms with Gasteiger partial charge in [-0.15, -0.1) is 0 Å². The minimum Gasteiger partial charge on any atom is -0.472 e. The molecule has 1 aliphatic heterocycles. The lowest BCUT2D eigenvalue weighted by Gasteiger charge is -2.04. The second kappa shape index (κ2) is 3.05. The number of hydrogen-bond donors (Lipinski definition) is 0. The van der Waals surface area contributed by atoms with Gasteiger partial charge in [-0.3, -0.25) is 0 Å². The van der Waals surface area contributed by atoms with Gasteiger partial charge in [0, 0.05) is 5.57 Å². The van der Waals surface area contributed by atoms with Gasteiger partial charge in [-0.25, -0.2) is 0 Å². The molecule has 12 heavy (non-hydrogen) atoms. The third-order valence-electron chi connectivity index (χ3n) is 1.99. The van der Waals surface area contributed by atoms with Crippen LogP contribution in [-0.2, 0) is 4.74 Å². The number of isothiocyanates is 1. The highest BCUT2D eigenvalue weighted by Gasteiger charge is 2.19. The van der Waals surface area contributed by atoms with Gasteiger partial charge in [0.1, 0.15) is 0 Å². The van der Waals surface area contributed by atoms with Crippen molar-refractivity contribution in [1.82, 2.24) is 0 Å². The van der Waals surface area contributed by atoms with E-state index in [0.29, 0.717) is 0 Å². The molecule has 3 heteroatoms. The highest BCUT2D eigenvalue weighted by atomic mass is 32.1. The molecule has 0 radical (unpaired) electrons. The Morgan fingerprint density at radius 1 is 1.50 bits per heavy atom. The predicted octanol–water partition coefficient (Wildman–Crippen LogP) is 2.56. The summed E-state index contributed by atoms with van der Waals surface area (Å²) in [6.07, 6.45) is 7.28. The van der Waals surface area contributed by atoms with Crippen LogP contribution < -0.4 is 0 Å². The summed E-state index contributed by atoms with van der Waals surface area (Å²) in [6, 6.07) is 0. The molecule has 0 saturated carbocycles. The van der Waals surface area contributed by atoms with E-state index >= 15 is 0 Å². The molecule has 0 aromatic carbocycles. The molecule has 0 aromatic rings. The maximum absolute atomic E-state index is 5.04. The van der Waals surface area contributed by atoms with E-state index in [0.717, 1.165) is 24.1 Å². The Kier molecular flexibility index (Phi) is 1.90. The van der Waals surface area contributed by atoms with Crippen LogP contribution in [0.2, 0.25) is 0 Å². The Balaban J connectivity index is 2.44. The lowest BCUT2D eigenvalue weighted by molar-refractivity contribution is 0.393. The normalized spacial score (nSPS) is 19.5. The molecule has 0 bridgehead atoms. The summed E-state index contributed by atoms with van der Waals surface area (Å²) in [7, 11) is 0. The van der Waals surface area contributed by atoms with E-state index in [1.54, 1.807) is 12.5 Å². The molecule has 1 aliphatic carbocycles. The van der Waals surface area contributed by atoms with Crippen LogP contribution in [0.1, 0.15) is 12.8 Å². The number of fused-ring (bicyclic) bond motifs is 1. The van der Waals surface area contributed by atoms with Gasteiger partial charge in [0.25, 0.3) is 0 Å². The lowest BCUT2D eigenvalue weighted by Crippen LogP contribution is -1.87. The van der Waals surface area contributed by atoms with Gasteiger partial charge in [0.05, 0.1) is 23.4 Å². The van der Waals surface area contributed by atoms with E-state index in [-0.39, 0.29) is 0 Å². The number of ether oxygens (including phenoxy) is 1. The number of rotatable bonds is 1. The van der Waals surface area contributed by atoms with Crippen LogP contribution in [0.3, 0.4) is 0 Å². The van der Waals surface area contributed by atoms with Crippen LogP contribution >= 0.6 is 12.2 Å². The largest absolute Gasteiger partial charge is 0.472 e. The molecule has 0 saturated heterocycles. The lowest BCUT2D eigenvalue weighted by atomic mass is 10.1. The topological polar surface area (TPSA) is 21.6 Å². The van der Waals surface area contributed by atoms with Crippen LogP contribution in [0.15, 0.2) is 40.4 Å². The first-order valence-corrected chi connectivity index (χ1v) is 4.15. The molecule has 1 heterocycles. The Bertz CT molecular complexity index is 346. The molecule has 2 rings (SSSR count). The monoisotopic (exact) mass is 177 g/mol. The van der Waals surface area contributed by atoms with Crippen molar-refractivity contribution in [1.29, 1.82) is 0 Å². The fraction of sp³-hybridized carbons (Fsp3) is 0.222. The third-order valence-corrected chi connectivity index (χ3v) is 2.08. The quantitative estimate of drug-likeness (QED) is 0.453. The van der Waals surface area contributed by atoms with Crippen LogP contribution in [0.4, 0.5) is 0 Å². The van der Waals surface area contributed by atoms with Crippen LogP contribution in [0.25, 0.3) is 0 Å². The summed E-state index contributed by atoms with van der Waals surface area (Å²) in [4.78, 5) is 4.00. The van der Waals surface area contributed by atoms with Crippen LogP contribution in [0.5, 0.6) is 0 Å². The average Bonchev–Trinajstić information content (AvgIpc) is 2.50. The molecule has 0 amide bonds. The number of allylic oxidation sites excluding steroid dienone is 4. The van der Waals surface area contributed by atoms with E-state index in [4.69, 9.17) is 4.74 Å². The molecule has 0 aromatic heterocycles. The summed E-state index contributed by atoms with van der Waals surface area (Å²) in [5, 5.41) is 2.39. The first kappa shape index (κ1) is 7.47. The smallest absolute Gasteiger partial charge is 0.0940 e. The van der Waals surface area contributed by atoms with Crippen LogP contribution in [0, 0.1) is 0 Å². The minimum absolute atomic E-state index is 0.943. The third kappa shape index (κ3) is 1.13. The molecular formula is C9H7NOS. The van der Waals surface area contributed by atoms with Crippen molar-refractivity contribution in [2.75, 3.05) is 0 Å². The Morgan fingerprint density at radius 3 is 3.25 bits per heavy atom. The second-order valence-corrected chi connectivity index (χ2v) is 2.83. The maximum atomic E-state index is 5.04. The average molecular weight is 177 g/mol. The summed E-state index contributed by atoms with van der Waals surface area (Å²) in [6.45, 7) is 0. The molecule has 0 unspecified atom stereocenters. The van der Waals surface area contributed by atoms with Crippen molar-refractivity contribution in [3.05, 3.63) is 35.4 Å². The van der Waals surface area contributed by atoms with E-state index in [1.807, 2.05) is 6.08 Å². The number of aliphatic imine (C=N–C) groups is 1. The van der Waals surface area contributed by atoms with Crippen molar-refractivity contribution >= 4 is 17.4 Å². The second-order valence-electron chi connectivity index (χ2n) is 2.65. The first-order valence-electron chi connectivity index (χ1n) is 3.74. The Morgan fingerprint density at radius 2 is 2.42 bits per heavy atom. The van der Waals surface area contributed by atoms with Gasteiger partial charge >= 0.3 is 0 Å². The highest BCUT2D eigenvalue weighted by Crippen LogP contribution is 2.34. The Labute approximate surface area is 75.9 Å². The van der Waals surface area contributed by atoms with Crippen molar-refractivity contribution in [3.8, 4) is 0 Å². The zero-order chi connectivity index (χ0) is 8.39. The molecular weight excluding hydrogens is 170 g/mol. The fourth-order valence-electron chi connectivity index (χ4n) is 1.43. The standard InChI is InChI=1S/C9H7NOS/c12-6-10-9-2-1-7-5-11-4-3-8(7)9/h3-5H,1-2H2. The zero-order valence-corrected chi connectivity index (χ0v) is 7.23. The minimum atomic E-state index is 0.943. The van der Waals surface area contributed by atoms with Gasteiger partial charge in [-0.1, -0.05) is 0 Å². The molecule has 2 nitrogen and oxygen atoms in total. The van der Waals surface area contributed by atoms with Crippen molar-refractivity contribution in [2.24, 2.45) is 4.99 Å². The van der Waals surface area contributed by atoms with Crippen LogP contribution in [-0.4, -0.2) is 5.16 Å². The van der Waals surface area contributed by atoms with Gasteiger partial charge < -0.3 is 4.74 Å². The molecule has 0 fully saturated rings. The summed E-state index contributed by atoms with van der Waals surface area (Å²) >= 11 is 4.56.